The van der Waals surface area contributed by atoms with Crippen LogP contribution in [0.25, 0.3) is 0 Å². The van der Waals surface area contributed by atoms with Crippen LogP contribution in [0.5, 0.6) is 0 Å². The van der Waals surface area contributed by atoms with E-state index in [2.05, 4.69) is 61.3 Å². The molecule has 0 saturated heterocycles. The van der Waals surface area contributed by atoms with Crippen LogP contribution in [0.15, 0.2) is 36.4 Å². The van der Waals surface area contributed by atoms with Crippen molar-refractivity contribution < 1.29 is 4.79 Å². The number of benzene rings is 2. The molecule has 2 aromatic carbocycles. The third-order valence-electron chi connectivity index (χ3n) is 5.30. The summed E-state index contributed by atoms with van der Waals surface area (Å²) in [6, 6.07) is 13.3. The molecule has 0 bridgehead atoms. The molecule has 3 heteroatoms. The molecule has 0 saturated carbocycles. The molecule has 1 amide bonds. The Bertz CT molecular complexity index is 782. The lowest BCUT2D eigenvalue weighted by molar-refractivity contribution is 0.0952. The summed E-state index contributed by atoms with van der Waals surface area (Å²) in [6.45, 7) is 10.1. The van der Waals surface area contributed by atoms with Gasteiger partial charge in [0.2, 0.25) is 0 Å². The third kappa shape index (κ3) is 3.71. The maximum Gasteiger partial charge on any atom is 0.251 e. The molecule has 0 radical (unpaired) electrons. The minimum Gasteiger partial charge on any atom is -0.368 e. The van der Waals surface area contributed by atoms with Gasteiger partial charge in [-0.15, -0.1) is 0 Å². The molecule has 0 spiro atoms. The number of hydrogen-bond acceptors (Lipinski definition) is 2. The molecule has 3 nitrogen and oxygen atoms in total. The molecule has 1 heterocycles. The van der Waals surface area contributed by atoms with Gasteiger partial charge < -0.3 is 10.2 Å². The molecule has 0 unspecified atom stereocenters. The summed E-state index contributed by atoms with van der Waals surface area (Å²) in [5, 5.41) is 3.08. The van der Waals surface area contributed by atoms with E-state index in [0.717, 1.165) is 30.5 Å². The van der Waals surface area contributed by atoms with E-state index in [1.807, 2.05) is 13.0 Å². The molecule has 3 rings (SSSR count). The Morgan fingerprint density at radius 3 is 2.64 bits per heavy atom. The van der Waals surface area contributed by atoms with Gasteiger partial charge in [-0.2, -0.15) is 0 Å². The second-order valence-corrected chi connectivity index (χ2v) is 7.24. The van der Waals surface area contributed by atoms with Crippen molar-refractivity contribution in [1.29, 1.82) is 0 Å². The van der Waals surface area contributed by atoms with Crippen LogP contribution in [0.2, 0.25) is 0 Å². The lowest BCUT2D eigenvalue weighted by Crippen LogP contribution is -2.33. The molecule has 0 aliphatic carbocycles. The Balaban J connectivity index is 1.54. The number of anilines is 1. The van der Waals surface area contributed by atoms with Gasteiger partial charge in [-0.3, -0.25) is 4.79 Å². The highest BCUT2D eigenvalue weighted by molar-refractivity contribution is 5.95. The van der Waals surface area contributed by atoms with Gasteiger partial charge in [0.15, 0.2) is 0 Å². The molecule has 25 heavy (non-hydrogen) atoms. The van der Waals surface area contributed by atoms with E-state index in [1.54, 1.807) is 0 Å². The summed E-state index contributed by atoms with van der Waals surface area (Å²) >= 11 is 0. The maximum atomic E-state index is 12.5. The molecule has 0 fully saturated rings. The van der Waals surface area contributed by atoms with Gasteiger partial charge in [0.05, 0.1) is 0 Å². The fourth-order valence-corrected chi connectivity index (χ4v) is 3.72. The Morgan fingerprint density at radius 2 is 1.84 bits per heavy atom. The van der Waals surface area contributed by atoms with Gasteiger partial charge in [-0.1, -0.05) is 24.3 Å². The second-order valence-electron chi connectivity index (χ2n) is 7.24. The smallest absolute Gasteiger partial charge is 0.251 e. The molecule has 132 valence electrons. The highest BCUT2D eigenvalue weighted by atomic mass is 16.1. The van der Waals surface area contributed by atoms with Crippen molar-refractivity contribution in [2.24, 2.45) is 0 Å². The largest absolute Gasteiger partial charge is 0.368 e. The molecular formula is C22H28N2O. The lowest BCUT2D eigenvalue weighted by Gasteiger charge is -2.25. The zero-order chi connectivity index (χ0) is 18.0. The first-order valence-electron chi connectivity index (χ1n) is 9.18. The highest BCUT2D eigenvalue weighted by Crippen LogP contribution is 2.31. The van der Waals surface area contributed by atoms with Gasteiger partial charge >= 0.3 is 0 Å². The van der Waals surface area contributed by atoms with Crippen molar-refractivity contribution in [2.45, 2.75) is 46.6 Å². The summed E-state index contributed by atoms with van der Waals surface area (Å²) in [7, 11) is 0. The summed E-state index contributed by atoms with van der Waals surface area (Å²) in [6.07, 6.45) is 2.07. The first kappa shape index (κ1) is 17.5. The van der Waals surface area contributed by atoms with Crippen molar-refractivity contribution >= 4 is 11.6 Å². The van der Waals surface area contributed by atoms with Crippen LogP contribution in [0.1, 0.15) is 46.0 Å². The summed E-state index contributed by atoms with van der Waals surface area (Å²) in [5.74, 6) is 0.0375. The van der Waals surface area contributed by atoms with Gasteiger partial charge in [-0.05, 0) is 74.9 Å². The predicted molar refractivity (Wildman–Crippen MR) is 105 cm³/mol. The van der Waals surface area contributed by atoms with Crippen LogP contribution in [-0.2, 0) is 6.42 Å². The molecule has 1 aliphatic heterocycles. The number of carbonyl (C=O) groups is 1. The Hall–Kier alpha value is -2.29. The average Bonchev–Trinajstić information content (AvgIpc) is 2.90. The van der Waals surface area contributed by atoms with Crippen molar-refractivity contribution in [3.05, 3.63) is 64.2 Å². The van der Waals surface area contributed by atoms with Crippen molar-refractivity contribution in [3.63, 3.8) is 0 Å². The van der Waals surface area contributed by atoms with Crippen molar-refractivity contribution in [3.8, 4) is 0 Å². The Morgan fingerprint density at radius 1 is 1.12 bits per heavy atom. The van der Waals surface area contributed by atoms with E-state index in [4.69, 9.17) is 0 Å². The standard InChI is InChI=1S/C22H28N2O/c1-15-12-17(3)20(13-16(15)2)22(25)23-10-7-11-24-18(4)14-19-8-5-6-9-21(19)24/h5-6,8-9,12-13,18H,7,10-11,14H2,1-4H3,(H,23,25)/t18-/m0/s1. The van der Waals surface area contributed by atoms with E-state index in [-0.39, 0.29) is 5.91 Å². The van der Waals surface area contributed by atoms with Crippen LogP contribution < -0.4 is 10.2 Å². The fourth-order valence-electron chi connectivity index (χ4n) is 3.72. The highest BCUT2D eigenvalue weighted by Gasteiger charge is 2.24. The van der Waals surface area contributed by atoms with Gasteiger partial charge in [0.25, 0.3) is 5.91 Å². The van der Waals surface area contributed by atoms with Crippen LogP contribution in [0.3, 0.4) is 0 Å². The zero-order valence-electron chi connectivity index (χ0n) is 15.7. The van der Waals surface area contributed by atoms with E-state index < -0.39 is 0 Å². The van der Waals surface area contributed by atoms with E-state index >= 15 is 0 Å². The Labute approximate surface area is 151 Å². The van der Waals surface area contributed by atoms with Crippen LogP contribution in [-0.4, -0.2) is 25.0 Å². The minimum atomic E-state index is 0.0375. The minimum absolute atomic E-state index is 0.0375. The van der Waals surface area contributed by atoms with Crippen LogP contribution in [0, 0.1) is 20.8 Å². The van der Waals surface area contributed by atoms with Crippen molar-refractivity contribution in [1.82, 2.24) is 5.32 Å². The number of aryl methyl sites for hydroxylation is 3. The van der Waals surface area contributed by atoms with Gasteiger partial charge in [-0.25, -0.2) is 0 Å². The average molecular weight is 336 g/mol. The maximum absolute atomic E-state index is 12.5. The van der Waals surface area contributed by atoms with Gasteiger partial charge in [0, 0.05) is 30.4 Å². The number of hydrogen-bond donors (Lipinski definition) is 1. The van der Waals surface area contributed by atoms with E-state index in [1.165, 1.54) is 22.4 Å². The van der Waals surface area contributed by atoms with E-state index in [9.17, 15) is 4.79 Å². The number of amides is 1. The number of para-hydroxylation sites is 1. The number of nitrogens with zero attached hydrogens (tertiary/aromatic N) is 1. The normalized spacial score (nSPS) is 16.0. The zero-order valence-corrected chi connectivity index (χ0v) is 15.7. The molecule has 2 aromatic rings. The number of fused-ring (bicyclic) bond motifs is 1. The predicted octanol–water partition coefficient (Wildman–Crippen LogP) is 4.18. The monoisotopic (exact) mass is 336 g/mol. The van der Waals surface area contributed by atoms with Crippen LogP contribution >= 0.6 is 0 Å². The molecular weight excluding hydrogens is 308 g/mol. The Kier molecular flexibility index (Phi) is 5.12. The first-order chi connectivity index (χ1) is 12.0. The third-order valence-corrected chi connectivity index (χ3v) is 5.30. The fraction of sp³-hybridized carbons (Fsp3) is 0.409. The quantitative estimate of drug-likeness (QED) is 0.831. The summed E-state index contributed by atoms with van der Waals surface area (Å²) < 4.78 is 0. The van der Waals surface area contributed by atoms with Crippen molar-refractivity contribution in [2.75, 3.05) is 18.0 Å². The number of rotatable bonds is 5. The van der Waals surface area contributed by atoms with Gasteiger partial charge in [0.1, 0.15) is 0 Å². The van der Waals surface area contributed by atoms with Crippen LogP contribution in [0.4, 0.5) is 5.69 Å². The second kappa shape index (κ2) is 7.30. The molecule has 1 atom stereocenters. The summed E-state index contributed by atoms with van der Waals surface area (Å²) in [5.41, 5.74) is 7.02. The first-order valence-corrected chi connectivity index (χ1v) is 9.18. The van der Waals surface area contributed by atoms with E-state index in [0.29, 0.717) is 12.6 Å². The lowest BCUT2D eigenvalue weighted by atomic mass is 10.0. The summed E-state index contributed by atoms with van der Waals surface area (Å²) in [4.78, 5) is 14.9. The number of nitrogens with one attached hydrogen (secondary N) is 1. The number of carbonyl (C=O) groups excluding carboxylic acids is 1. The molecule has 0 aromatic heterocycles. The molecule has 1 aliphatic rings. The molecule has 1 N–H and O–H groups in total. The topological polar surface area (TPSA) is 32.3 Å². The SMILES string of the molecule is Cc1cc(C)c(C(=O)NCCCN2c3ccccc3C[C@@H]2C)cc1C.